The summed E-state index contributed by atoms with van der Waals surface area (Å²) in [4.78, 5) is 31.7. The van der Waals surface area contributed by atoms with Gasteiger partial charge in [-0.05, 0) is 55.4 Å². The average Bonchev–Trinajstić information content (AvgIpc) is 3.28. The number of aromatic nitrogens is 3. The van der Waals surface area contributed by atoms with E-state index in [1.54, 1.807) is 7.11 Å². The molecule has 2 aromatic heterocycles. The smallest absolute Gasteiger partial charge is 0.383 e. The van der Waals surface area contributed by atoms with Gasteiger partial charge in [0.05, 0.1) is 23.6 Å². The molecular formula is C28H30F4N8O3. The van der Waals surface area contributed by atoms with E-state index in [0.717, 1.165) is 18.2 Å². The second-order valence-corrected chi connectivity index (χ2v) is 9.49. The Hall–Kier alpha value is -4.76. The molecule has 4 aromatic rings. The van der Waals surface area contributed by atoms with E-state index in [0.29, 0.717) is 54.1 Å². The van der Waals surface area contributed by atoms with Gasteiger partial charge in [-0.15, -0.1) is 0 Å². The first-order valence-electron chi connectivity index (χ1n) is 13.1. The second-order valence-electron chi connectivity index (χ2n) is 9.49. The lowest BCUT2D eigenvalue weighted by atomic mass is 9.98. The summed E-state index contributed by atoms with van der Waals surface area (Å²) in [7, 11) is 1.60. The second kappa shape index (κ2) is 13.0. The third kappa shape index (κ3) is 7.37. The minimum Gasteiger partial charge on any atom is -0.383 e. The average molecular weight is 603 g/mol. The summed E-state index contributed by atoms with van der Waals surface area (Å²) < 4.78 is 59.5. The number of benzene rings is 2. The highest BCUT2D eigenvalue weighted by Crippen LogP contribution is 2.37. The molecule has 228 valence electrons. The quantitative estimate of drug-likeness (QED) is 0.102. The van der Waals surface area contributed by atoms with Crippen molar-refractivity contribution in [3.63, 3.8) is 0 Å². The Morgan fingerprint density at radius 1 is 1.09 bits per heavy atom. The number of carbonyl (C=O) groups excluding carboxylic acids is 2. The van der Waals surface area contributed by atoms with E-state index < -0.39 is 18.1 Å². The number of amides is 2. The van der Waals surface area contributed by atoms with Crippen molar-refractivity contribution in [3.05, 3.63) is 65.9 Å². The van der Waals surface area contributed by atoms with Crippen molar-refractivity contribution < 1.29 is 31.9 Å². The molecule has 43 heavy (non-hydrogen) atoms. The van der Waals surface area contributed by atoms with E-state index >= 15 is 4.39 Å². The summed E-state index contributed by atoms with van der Waals surface area (Å²) in [5, 5.41) is 10.5. The molecule has 0 radical (unpaired) electrons. The molecule has 0 atom stereocenters. The molecule has 0 aliphatic carbocycles. The largest absolute Gasteiger partial charge is 0.482 e. The molecule has 0 saturated carbocycles. The monoisotopic (exact) mass is 602 g/mol. The number of likely N-dealkylation sites (N-methyl/N-ethyl adjacent to an activating group) is 1. The van der Waals surface area contributed by atoms with Crippen LogP contribution in [-0.2, 0) is 11.3 Å². The molecule has 0 fully saturated rings. The van der Waals surface area contributed by atoms with Crippen LogP contribution in [0.25, 0.3) is 16.6 Å². The summed E-state index contributed by atoms with van der Waals surface area (Å²) in [5.74, 6) is -0.994. The zero-order chi connectivity index (χ0) is 31.3. The van der Waals surface area contributed by atoms with Crippen LogP contribution in [0.15, 0.2) is 48.8 Å². The number of rotatable bonds is 11. The number of Topliss-reactive ketones (excluding diaryl/α,β-unsaturated/α-hetero) is 1. The number of hydrogen-bond acceptors (Lipinski definition) is 8. The third-order valence-electron chi connectivity index (χ3n) is 6.57. The minimum absolute atomic E-state index is 0.0946. The molecule has 15 heteroatoms. The maximum absolute atomic E-state index is 15.4. The van der Waals surface area contributed by atoms with Crippen LogP contribution in [0, 0.1) is 5.82 Å². The van der Waals surface area contributed by atoms with Crippen molar-refractivity contribution >= 4 is 40.2 Å². The van der Waals surface area contributed by atoms with E-state index in [2.05, 4.69) is 25.6 Å². The van der Waals surface area contributed by atoms with Gasteiger partial charge in [0.1, 0.15) is 17.7 Å². The zero-order valence-corrected chi connectivity index (χ0v) is 23.6. The molecule has 4 rings (SSSR count). The van der Waals surface area contributed by atoms with E-state index in [9.17, 15) is 22.8 Å². The van der Waals surface area contributed by atoms with Crippen LogP contribution >= 0.6 is 0 Å². The van der Waals surface area contributed by atoms with Crippen LogP contribution in [-0.4, -0.2) is 64.4 Å². The Bertz CT molecular complexity index is 1620. The van der Waals surface area contributed by atoms with Crippen molar-refractivity contribution in [2.45, 2.75) is 26.7 Å². The number of hydrogen-bond donors (Lipinski definition) is 4. The van der Waals surface area contributed by atoms with Gasteiger partial charge < -0.3 is 21.1 Å². The van der Waals surface area contributed by atoms with Gasteiger partial charge in [0.25, 0.3) is 0 Å². The normalized spacial score (nSPS) is 11.6. The van der Waals surface area contributed by atoms with Crippen molar-refractivity contribution in [1.29, 1.82) is 0 Å². The molecule has 0 aliphatic heterocycles. The van der Waals surface area contributed by atoms with Gasteiger partial charge in [-0.3, -0.25) is 15.0 Å². The molecule has 0 spiro atoms. The molecule has 2 aromatic carbocycles. The van der Waals surface area contributed by atoms with Gasteiger partial charge in [-0.1, -0.05) is 13.0 Å². The number of alkyl halides is 3. The topological polar surface area (TPSA) is 139 Å². The number of nitrogens with one attached hydrogen (secondary N) is 3. The maximum Gasteiger partial charge on any atom is 0.482 e. The fraction of sp³-hybridized carbons (Fsp3) is 0.286. The van der Waals surface area contributed by atoms with Crippen molar-refractivity contribution in [2.24, 2.45) is 0 Å². The van der Waals surface area contributed by atoms with Crippen LogP contribution in [0.2, 0.25) is 0 Å². The summed E-state index contributed by atoms with van der Waals surface area (Å²) in [6.07, 6.45) is -3.33. The number of carbonyl (C=O) groups is 2. The molecule has 0 bridgehead atoms. The van der Waals surface area contributed by atoms with E-state index in [-0.39, 0.29) is 28.7 Å². The lowest BCUT2D eigenvalue weighted by Gasteiger charge is -2.20. The SMILES string of the molecule is CCN(CCOC)Cc1c(C(C)=O)c(-c2ccc(NC(=O)Nc3ccc(NC(F)(F)F)cc3)c(F)c2)c2c(N)ncnn12. The molecule has 0 saturated heterocycles. The standard InChI is InChI=1S/C28H30F4N8O3/c1-4-39(11-12-43-3)14-22-23(16(2)41)24(25-26(33)34-15-35-40(22)25)17-5-10-21(20(29)13-17)37-27(42)36-18-6-8-19(9-7-18)38-28(30,31)32/h5-10,13,15,38H,4,11-12,14H2,1-3H3,(H2,33,34,35)(H2,36,37,42). The third-order valence-corrected chi connectivity index (χ3v) is 6.57. The highest BCUT2D eigenvalue weighted by Gasteiger charge is 2.28. The Kier molecular flexibility index (Phi) is 9.46. The number of fused-ring (bicyclic) bond motifs is 1. The summed E-state index contributed by atoms with van der Waals surface area (Å²) >= 11 is 0. The number of ketones is 1. The van der Waals surface area contributed by atoms with Crippen LogP contribution in [0.1, 0.15) is 29.9 Å². The molecule has 0 aliphatic rings. The van der Waals surface area contributed by atoms with Crippen LogP contribution in [0.3, 0.4) is 0 Å². The Morgan fingerprint density at radius 2 is 1.79 bits per heavy atom. The fourth-order valence-electron chi connectivity index (χ4n) is 4.62. The van der Waals surface area contributed by atoms with Crippen molar-refractivity contribution in [1.82, 2.24) is 19.5 Å². The number of nitrogens with two attached hydrogens (primary N) is 1. The number of urea groups is 1. The van der Waals surface area contributed by atoms with Gasteiger partial charge in [-0.25, -0.2) is 18.7 Å². The molecular weight excluding hydrogens is 572 g/mol. The van der Waals surface area contributed by atoms with Gasteiger partial charge >= 0.3 is 12.3 Å². The summed E-state index contributed by atoms with van der Waals surface area (Å²) in [5.41, 5.74) is 7.90. The maximum atomic E-state index is 15.4. The number of nitrogens with zero attached hydrogens (tertiary/aromatic N) is 4. The first kappa shape index (κ1) is 31.2. The summed E-state index contributed by atoms with van der Waals surface area (Å²) in [6, 6.07) is 7.97. The van der Waals surface area contributed by atoms with Crippen LogP contribution in [0.5, 0.6) is 0 Å². The molecule has 2 heterocycles. The van der Waals surface area contributed by atoms with Crippen LogP contribution in [0.4, 0.5) is 45.2 Å². The van der Waals surface area contributed by atoms with E-state index in [1.165, 1.54) is 47.3 Å². The van der Waals surface area contributed by atoms with Crippen molar-refractivity contribution in [3.8, 4) is 11.1 Å². The van der Waals surface area contributed by atoms with Gasteiger partial charge in [0, 0.05) is 37.1 Å². The van der Waals surface area contributed by atoms with E-state index in [4.69, 9.17) is 10.5 Å². The Labute approximate surface area is 244 Å². The highest BCUT2D eigenvalue weighted by atomic mass is 19.4. The predicted octanol–water partition coefficient (Wildman–Crippen LogP) is 5.36. The Morgan fingerprint density at radius 3 is 2.40 bits per heavy atom. The summed E-state index contributed by atoms with van der Waals surface area (Å²) in [6.45, 7) is 5.45. The lowest BCUT2D eigenvalue weighted by molar-refractivity contribution is -0.0999. The fourth-order valence-corrected chi connectivity index (χ4v) is 4.62. The number of methoxy groups -OCH3 is 1. The minimum atomic E-state index is -4.60. The van der Waals surface area contributed by atoms with Gasteiger partial charge in [0.15, 0.2) is 11.6 Å². The lowest BCUT2D eigenvalue weighted by Crippen LogP contribution is -2.28. The van der Waals surface area contributed by atoms with Crippen LogP contribution < -0.4 is 21.7 Å². The van der Waals surface area contributed by atoms with Gasteiger partial charge in [0.2, 0.25) is 0 Å². The van der Waals surface area contributed by atoms with Gasteiger partial charge in [-0.2, -0.15) is 18.3 Å². The highest BCUT2D eigenvalue weighted by molar-refractivity contribution is 6.08. The zero-order valence-electron chi connectivity index (χ0n) is 23.6. The Balaban J connectivity index is 1.63. The molecule has 5 N–H and O–H groups in total. The molecule has 11 nitrogen and oxygen atoms in total. The molecule has 0 unspecified atom stereocenters. The number of halogens is 4. The first-order chi connectivity index (χ1) is 20.4. The number of nitrogen functional groups attached to an aromatic ring is 1. The van der Waals surface area contributed by atoms with E-state index in [1.807, 2.05) is 6.92 Å². The van der Waals surface area contributed by atoms with Crippen molar-refractivity contribution in [2.75, 3.05) is 48.5 Å². The first-order valence-corrected chi connectivity index (χ1v) is 13.1. The molecule has 2 amide bonds. The number of ether oxygens (including phenoxy) is 1. The predicted molar refractivity (Wildman–Crippen MR) is 154 cm³/mol. The number of anilines is 4.